The van der Waals surface area contributed by atoms with Crippen molar-refractivity contribution in [3.8, 4) is 5.75 Å². The topological polar surface area (TPSA) is 58.6 Å². The molecule has 1 aromatic heterocycles. The zero-order valence-electron chi connectivity index (χ0n) is 11.3. The molecule has 4 nitrogen and oxygen atoms in total. The van der Waals surface area contributed by atoms with Crippen molar-refractivity contribution < 1.29 is 19.0 Å². The molecule has 0 aliphatic carbocycles. The lowest BCUT2D eigenvalue weighted by Crippen LogP contribution is -2.30. The summed E-state index contributed by atoms with van der Waals surface area (Å²) in [6.45, 7) is 0.228. The fourth-order valence-electron chi connectivity index (χ4n) is 1.70. The molecule has 2 aromatic rings. The van der Waals surface area contributed by atoms with Crippen molar-refractivity contribution in [3.05, 3.63) is 52.5 Å². The first-order chi connectivity index (χ1) is 10.1. The van der Waals surface area contributed by atoms with Gasteiger partial charge in [-0.05, 0) is 42.1 Å². The summed E-state index contributed by atoms with van der Waals surface area (Å²) in [5, 5.41) is 14.4. The number of thiophene rings is 1. The molecule has 112 valence electrons. The molecule has 0 saturated heterocycles. The van der Waals surface area contributed by atoms with Gasteiger partial charge in [0.25, 0.3) is 5.91 Å². The molecule has 1 amide bonds. The lowest BCUT2D eigenvalue weighted by atomic mass is 10.2. The van der Waals surface area contributed by atoms with Crippen LogP contribution in [0, 0.1) is 5.82 Å². The van der Waals surface area contributed by atoms with Crippen molar-refractivity contribution in [3.63, 3.8) is 0 Å². The number of hydrogen-bond donors (Lipinski definition) is 2. The van der Waals surface area contributed by atoms with Crippen LogP contribution >= 0.6 is 11.3 Å². The minimum Gasteiger partial charge on any atom is -0.484 e. The minimum atomic E-state index is -0.566. The van der Waals surface area contributed by atoms with Crippen molar-refractivity contribution in [2.75, 3.05) is 13.2 Å². The van der Waals surface area contributed by atoms with Gasteiger partial charge in [0, 0.05) is 11.4 Å². The summed E-state index contributed by atoms with van der Waals surface area (Å²) in [5.74, 6) is -0.197. The van der Waals surface area contributed by atoms with Gasteiger partial charge in [0.1, 0.15) is 11.6 Å². The van der Waals surface area contributed by atoms with Crippen LogP contribution in [0.5, 0.6) is 5.75 Å². The molecule has 6 heteroatoms. The Bertz CT molecular complexity index is 557. The monoisotopic (exact) mass is 309 g/mol. The van der Waals surface area contributed by atoms with Gasteiger partial charge in [-0.1, -0.05) is 6.07 Å². The Balaban J connectivity index is 1.64. The van der Waals surface area contributed by atoms with Gasteiger partial charge in [-0.15, -0.1) is 11.3 Å². The Morgan fingerprint density at radius 1 is 1.33 bits per heavy atom. The molecule has 0 aliphatic heterocycles. The van der Waals surface area contributed by atoms with E-state index in [0.717, 1.165) is 4.88 Å². The lowest BCUT2D eigenvalue weighted by Gasteiger charge is -2.10. The van der Waals surface area contributed by atoms with Gasteiger partial charge in [0.05, 0.1) is 6.10 Å². The molecule has 1 aromatic carbocycles. The quantitative estimate of drug-likeness (QED) is 0.826. The molecule has 1 atom stereocenters. The van der Waals surface area contributed by atoms with E-state index in [9.17, 15) is 14.3 Å². The van der Waals surface area contributed by atoms with Crippen LogP contribution in [0.25, 0.3) is 0 Å². The van der Waals surface area contributed by atoms with E-state index in [1.807, 2.05) is 17.5 Å². The zero-order valence-corrected chi connectivity index (χ0v) is 12.1. The molecule has 0 aliphatic rings. The SMILES string of the molecule is O=C(COc1ccc(F)cc1)NCCC(O)c1cccs1. The number of ether oxygens (including phenoxy) is 1. The predicted octanol–water partition coefficient (Wildman–Crippen LogP) is 2.51. The van der Waals surface area contributed by atoms with Gasteiger partial charge in [0.15, 0.2) is 6.61 Å². The number of aliphatic hydroxyl groups is 1. The Kier molecular flexibility index (Phi) is 5.71. The van der Waals surface area contributed by atoms with E-state index in [1.54, 1.807) is 0 Å². The third-order valence-corrected chi connectivity index (χ3v) is 3.77. The number of carbonyl (C=O) groups excluding carboxylic acids is 1. The number of hydrogen-bond acceptors (Lipinski definition) is 4. The summed E-state index contributed by atoms with van der Waals surface area (Å²) in [6, 6.07) is 9.19. The maximum absolute atomic E-state index is 12.7. The molecule has 0 bridgehead atoms. The van der Waals surface area contributed by atoms with Crippen LogP contribution in [-0.4, -0.2) is 24.2 Å². The number of carbonyl (C=O) groups is 1. The van der Waals surface area contributed by atoms with Crippen LogP contribution in [0.3, 0.4) is 0 Å². The summed E-state index contributed by atoms with van der Waals surface area (Å²) in [5.41, 5.74) is 0. The number of rotatable bonds is 7. The Morgan fingerprint density at radius 3 is 2.76 bits per heavy atom. The van der Waals surface area contributed by atoms with E-state index in [-0.39, 0.29) is 18.3 Å². The Hall–Kier alpha value is -1.92. The second-order valence-electron chi connectivity index (χ2n) is 4.41. The van der Waals surface area contributed by atoms with Gasteiger partial charge in [0.2, 0.25) is 0 Å². The number of aliphatic hydroxyl groups excluding tert-OH is 1. The smallest absolute Gasteiger partial charge is 0.257 e. The van der Waals surface area contributed by atoms with Gasteiger partial charge in [-0.3, -0.25) is 4.79 Å². The zero-order chi connectivity index (χ0) is 15.1. The predicted molar refractivity (Wildman–Crippen MR) is 78.8 cm³/mol. The third-order valence-electron chi connectivity index (χ3n) is 2.80. The van der Waals surface area contributed by atoms with Crippen molar-refractivity contribution in [2.45, 2.75) is 12.5 Å². The van der Waals surface area contributed by atoms with Crippen LogP contribution in [-0.2, 0) is 4.79 Å². The van der Waals surface area contributed by atoms with Gasteiger partial charge < -0.3 is 15.2 Å². The van der Waals surface area contributed by atoms with Crippen molar-refractivity contribution >= 4 is 17.2 Å². The fourth-order valence-corrected chi connectivity index (χ4v) is 2.45. The van der Waals surface area contributed by atoms with E-state index < -0.39 is 6.10 Å². The van der Waals surface area contributed by atoms with E-state index in [4.69, 9.17) is 4.74 Å². The Morgan fingerprint density at radius 2 is 2.10 bits per heavy atom. The molecule has 1 heterocycles. The molecular weight excluding hydrogens is 293 g/mol. The molecule has 1 unspecified atom stereocenters. The number of amides is 1. The molecule has 0 fully saturated rings. The van der Waals surface area contributed by atoms with Crippen molar-refractivity contribution in [1.82, 2.24) is 5.32 Å². The van der Waals surface area contributed by atoms with Gasteiger partial charge >= 0.3 is 0 Å². The summed E-state index contributed by atoms with van der Waals surface area (Å²) in [4.78, 5) is 12.4. The maximum atomic E-state index is 12.7. The standard InChI is InChI=1S/C15H16FNO3S/c16-11-3-5-12(6-4-11)20-10-15(19)17-8-7-13(18)14-2-1-9-21-14/h1-6,9,13,18H,7-8,10H2,(H,17,19). The van der Waals surface area contributed by atoms with Gasteiger partial charge in [-0.25, -0.2) is 4.39 Å². The largest absolute Gasteiger partial charge is 0.484 e. The highest BCUT2D eigenvalue weighted by Gasteiger charge is 2.09. The average Bonchev–Trinajstić information content (AvgIpc) is 3.01. The second kappa shape index (κ2) is 7.75. The third kappa shape index (κ3) is 5.17. The highest BCUT2D eigenvalue weighted by atomic mass is 32.1. The molecule has 0 spiro atoms. The maximum Gasteiger partial charge on any atom is 0.257 e. The Labute approximate surface area is 126 Å². The molecule has 21 heavy (non-hydrogen) atoms. The first kappa shape index (κ1) is 15.5. The first-order valence-corrected chi connectivity index (χ1v) is 7.39. The molecule has 0 radical (unpaired) electrons. The summed E-state index contributed by atoms with van der Waals surface area (Å²) >= 11 is 1.48. The molecular formula is C15H16FNO3S. The molecule has 2 rings (SSSR count). The van der Waals surface area contributed by atoms with Crippen LogP contribution in [0.2, 0.25) is 0 Å². The van der Waals surface area contributed by atoms with Crippen LogP contribution in [0.15, 0.2) is 41.8 Å². The van der Waals surface area contributed by atoms with E-state index in [2.05, 4.69) is 5.32 Å². The van der Waals surface area contributed by atoms with Gasteiger partial charge in [-0.2, -0.15) is 0 Å². The number of benzene rings is 1. The second-order valence-corrected chi connectivity index (χ2v) is 5.39. The van der Waals surface area contributed by atoms with E-state index >= 15 is 0 Å². The highest BCUT2D eigenvalue weighted by molar-refractivity contribution is 7.10. The lowest BCUT2D eigenvalue weighted by molar-refractivity contribution is -0.123. The normalized spacial score (nSPS) is 11.9. The number of nitrogens with one attached hydrogen (secondary N) is 1. The van der Waals surface area contributed by atoms with Crippen molar-refractivity contribution in [2.24, 2.45) is 0 Å². The van der Waals surface area contributed by atoms with E-state index in [0.29, 0.717) is 18.7 Å². The van der Waals surface area contributed by atoms with Crippen LogP contribution in [0.4, 0.5) is 4.39 Å². The fraction of sp³-hybridized carbons (Fsp3) is 0.267. The molecule has 2 N–H and O–H groups in total. The highest BCUT2D eigenvalue weighted by Crippen LogP contribution is 2.20. The summed E-state index contributed by atoms with van der Waals surface area (Å²) in [7, 11) is 0. The van der Waals surface area contributed by atoms with Crippen LogP contribution < -0.4 is 10.1 Å². The summed E-state index contributed by atoms with van der Waals surface area (Å²) < 4.78 is 17.9. The first-order valence-electron chi connectivity index (χ1n) is 6.51. The number of halogens is 1. The average molecular weight is 309 g/mol. The minimum absolute atomic E-state index is 0.138. The summed E-state index contributed by atoms with van der Waals surface area (Å²) in [6.07, 6.45) is -0.119. The molecule has 0 saturated carbocycles. The van der Waals surface area contributed by atoms with Crippen LogP contribution in [0.1, 0.15) is 17.4 Å². The van der Waals surface area contributed by atoms with Crippen molar-refractivity contribution in [1.29, 1.82) is 0 Å². The van der Waals surface area contributed by atoms with E-state index in [1.165, 1.54) is 35.6 Å².